The number of hydrogen-bond acceptors (Lipinski definition) is 0. The Bertz CT molecular complexity index is 239. The van der Waals surface area contributed by atoms with E-state index in [9.17, 15) is 0 Å². The van der Waals surface area contributed by atoms with Gasteiger partial charge in [-0.1, -0.05) is 6.08 Å². The lowest BCUT2D eigenvalue weighted by molar-refractivity contribution is 1.35. The van der Waals surface area contributed by atoms with Crippen LogP contribution in [0.1, 0.15) is 0 Å². The summed E-state index contributed by atoms with van der Waals surface area (Å²) in [6.45, 7) is 3.72. The Hall–Kier alpha value is -1.36. The second-order valence-corrected chi connectivity index (χ2v) is 7.60. The minimum absolute atomic E-state index is 0.757. The van der Waals surface area contributed by atoms with Gasteiger partial charge in [0.2, 0.25) is 0 Å². The highest BCUT2D eigenvalue weighted by Gasteiger charge is 2.28. The molecule has 0 unspecified atom stereocenters. The topological polar surface area (TPSA) is 0 Å². The van der Waals surface area contributed by atoms with Crippen molar-refractivity contribution in [3.63, 3.8) is 0 Å². The van der Waals surface area contributed by atoms with Crippen LogP contribution in [0.15, 0.2) is 12.7 Å². The van der Waals surface area contributed by atoms with Crippen molar-refractivity contribution in [1.82, 2.24) is 0 Å². The van der Waals surface area contributed by atoms with Crippen molar-refractivity contribution in [3.8, 4) is 37.0 Å². The summed E-state index contributed by atoms with van der Waals surface area (Å²) in [4.78, 5) is 0. The molecule has 0 rings (SSSR count). The molecule has 0 aromatic carbocycles. The molecule has 0 N–H and O–H groups in total. The minimum Gasteiger partial charge on any atom is -0.120 e. The van der Waals surface area contributed by atoms with E-state index in [-0.39, 0.29) is 0 Å². The van der Waals surface area contributed by atoms with Gasteiger partial charge in [0.25, 0.3) is 0 Å². The van der Waals surface area contributed by atoms with Gasteiger partial charge in [-0.3, -0.25) is 0 Å². The molecule has 0 nitrogen and oxygen atoms in total. The zero-order valence-electron chi connectivity index (χ0n) is 7.84. The molecule has 0 aliphatic heterocycles. The van der Waals surface area contributed by atoms with E-state index in [0.29, 0.717) is 0 Å². The highest BCUT2D eigenvalue weighted by Crippen LogP contribution is 2.24. The number of rotatable bonds is 5. The van der Waals surface area contributed by atoms with Gasteiger partial charge in [-0.15, -0.1) is 43.6 Å². The summed E-state index contributed by atoms with van der Waals surface area (Å²) in [7, 11) is -1.62. The molecule has 0 heterocycles. The summed E-state index contributed by atoms with van der Waals surface area (Å²) in [6, 6.07) is 3.19. The van der Waals surface area contributed by atoms with Crippen LogP contribution in [0.3, 0.4) is 0 Å². The highest BCUT2D eigenvalue weighted by molar-refractivity contribution is 6.82. The quantitative estimate of drug-likeness (QED) is 0.351. The first-order valence-electron chi connectivity index (χ1n) is 4.16. The Kier molecular flexibility index (Phi) is 5.54. The molecule has 66 valence electrons. The first kappa shape index (κ1) is 11.6. The normalized spacial score (nSPS) is 9.31. The van der Waals surface area contributed by atoms with Crippen LogP contribution in [-0.4, -0.2) is 8.07 Å². The Morgan fingerprint density at radius 3 is 1.62 bits per heavy atom. The monoisotopic (exact) mass is 186 g/mol. The molecule has 0 atom stereocenters. The molecule has 0 aromatic rings. The van der Waals surface area contributed by atoms with Gasteiger partial charge in [0.1, 0.15) is 0 Å². The second-order valence-electron chi connectivity index (χ2n) is 3.14. The predicted octanol–water partition coefficient (Wildman–Crippen LogP) is 2.52. The lowest BCUT2D eigenvalue weighted by atomic mass is 10.7. The molecule has 1 heteroatoms. The first-order valence-corrected chi connectivity index (χ1v) is 6.99. The molecular weight excluding hydrogens is 172 g/mol. The Balaban J connectivity index is 4.62. The van der Waals surface area contributed by atoms with E-state index in [2.05, 4.69) is 24.3 Å². The van der Waals surface area contributed by atoms with Crippen molar-refractivity contribution < 1.29 is 0 Å². The maximum atomic E-state index is 5.32. The Morgan fingerprint density at radius 2 is 1.38 bits per heavy atom. The zero-order valence-corrected chi connectivity index (χ0v) is 8.84. The van der Waals surface area contributed by atoms with Gasteiger partial charge in [-0.2, -0.15) is 0 Å². The summed E-state index contributed by atoms with van der Waals surface area (Å²) in [5.74, 6) is 8.06. The maximum Gasteiger partial charge on any atom is 0.0945 e. The van der Waals surface area contributed by atoms with Gasteiger partial charge in [-0.25, -0.2) is 0 Å². The van der Waals surface area contributed by atoms with Gasteiger partial charge in [0, 0.05) is 18.1 Å². The summed E-state index contributed by atoms with van der Waals surface area (Å²) in [5, 5.41) is 0. The van der Waals surface area contributed by atoms with Crippen LogP contribution in [0, 0.1) is 37.0 Å². The third kappa shape index (κ3) is 3.70. The van der Waals surface area contributed by atoms with Crippen LogP contribution in [0.25, 0.3) is 0 Å². The van der Waals surface area contributed by atoms with Crippen molar-refractivity contribution in [1.29, 1.82) is 0 Å². The third-order valence-corrected chi connectivity index (χ3v) is 6.03. The zero-order chi connectivity index (χ0) is 10.2. The van der Waals surface area contributed by atoms with E-state index in [1.54, 1.807) is 0 Å². The van der Waals surface area contributed by atoms with Crippen molar-refractivity contribution >= 4 is 8.07 Å². The molecule has 0 bridgehead atoms. The lowest BCUT2D eigenvalue weighted by Crippen LogP contribution is -2.31. The number of allylic oxidation sites excluding steroid dienone is 1. The first-order chi connectivity index (χ1) is 6.24. The molecule has 0 spiro atoms. The van der Waals surface area contributed by atoms with Crippen LogP contribution in [0.2, 0.25) is 24.2 Å². The summed E-state index contributed by atoms with van der Waals surface area (Å²) in [5.41, 5.74) is 0. The largest absolute Gasteiger partial charge is 0.120 e. The SMILES string of the molecule is C#CC[Si](CC#C)(CC#C)CC=C. The number of hydrogen-bond donors (Lipinski definition) is 0. The van der Waals surface area contributed by atoms with E-state index < -0.39 is 8.07 Å². The van der Waals surface area contributed by atoms with Crippen LogP contribution in [0.5, 0.6) is 0 Å². The van der Waals surface area contributed by atoms with Crippen LogP contribution in [0.4, 0.5) is 0 Å². The smallest absolute Gasteiger partial charge is 0.0945 e. The van der Waals surface area contributed by atoms with Gasteiger partial charge in [-0.05, 0) is 6.04 Å². The van der Waals surface area contributed by atoms with E-state index in [1.165, 1.54) is 0 Å². The molecule has 0 fully saturated rings. The van der Waals surface area contributed by atoms with Crippen LogP contribution in [-0.2, 0) is 0 Å². The second kappa shape index (κ2) is 6.19. The average Bonchev–Trinajstić information content (AvgIpc) is 2.06. The predicted molar refractivity (Wildman–Crippen MR) is 61.7 cm³/mol. The molecule has 0 aromatic heterocycles. The van der Waals surface area contributed by atoms with Gasteiger partial charge in [0.15, 0.2) is 0 Å². The molecule has 0 aliphatic rings. The average molecular weight is 186 g/mol. The lowest BCUT2D eigenvalue weighted by Gasteiger charge is -2.23. The van der Waals surface area contributed by atoms with Crippen LogP contribution >= 0.6 is 0 Å². The fourth-order valence-corrected chi connectivity index (χ4v) is 4.08. The van der Waals surface area contributed by atoms with Gasteiger partial charge in [0.05, 0.1) is 8.07 Å². The van der Waals surface area contributed by atoms with Crippen molar-refractivity contribution in [2.45, 2.75) is 24.2 Å². The van der Waals surface area contributed by atoms with Crippen molar-refractivity contribution in [3.05, 3.63) is 12.7 Å². The van der Waals surface area contributed by atoms with Crippen molar-refractivity contribution in [2.24, 2.45) is 0 Å². The fraction of sp³-hybridized carbons (Fsp3) is 0.333. The van der Waals surface area contributed by atoms with E-state index in [1.807, 2.05) is 6.08 Å². The van der Waals surface area contributed by atoms with Gasteiger partial charge >= 0.3 is 0 Å². The minimum atomic E-state index is -1.62. The fourth-order valence-electron chi connectivity index (χ4n) is 1.36. The Labute approximate surface area is 82.4 Å². The molecule has 0 radical (unpaired) electrons. The molecule has 0 amide bonds. The molecule has 0 saturated heterocycles. The summed E-state index contributed by atoms with van der Waals surface area (Å²) < 4.78 is 0. The summed E-state index contributed by atoms with van der Waals surface area (Å²) in [6.07, 6.45) is 17.8. The van der Waals surface area contributed by atoms with E-state index in [4.69, 9.17) is 19.3 Å². The van der Waals surface area contributed by atoms with E-state index in [0.717, 1.165) is 24.2 Å². The standard InChI is InChI=1S/C12H14Si/c1-5-9-13(10-6-2,11-7-3)12-8-4/h1-3,8H,4,9-12H2. The van der Waals surface area contributed by atoms with E-state index >= 15 is 0 Å². The molecule has 13 heavy (non-hydrogen) atoms. The van der Waals surface area contributed by atoms with Crippen molar-refractivity contribution in [2.75, 3.05) is 0 Å². The molecule has 0 aliphatic carbocycles. The molecular formula is C12H14Si. The van der Waals surface area contributed by atoms with Gasteiger partial charge < -0.3 is 0 Å². The maximum absolute atomic E-state index is 5.32. The van der Waals surface area contributed by atoms with Crippen LogP contribution < -0.4 is 0 Å². The summed E-state index contributed by atoms with van der Waals surface area (Å²) >= 11 is 0. The Morgan fingerprint density at radius 1 is 1.00 bits per heavy atom. The molecule has 0 saturated carbocycles. The number of terminal acetylenes is 3. The third-order valence-electron chi connectivity index (χ3n) is 2.01. The highest BCUT2D eigenvalue weighted by atomic mass is 28.3.